The molecular weight excluding hydrogens is 830 g/mol. The molecule has 0 amide bonds. The zero-order chi connectivity index (χ0) is 37.4. The van der Waals surface area contributed by atoms with E-state index in [-0.39, 0.29) is 26.5 Å². The van der Waals surface area contributed by atoms with Gasteiger partial charge in [0.2, 0.25) is 6.33 Å². The van der Waals surface area contributed by atoms with Gasteiger partial charge in [-0.15, -0.1) is 29.7 Å². The predicted octanol–water partition coefficient (Wildman–Crippen LogP) is 9.91. The number of aryl methyl sites for hydroxylation is 1. The topological polar surface area (TPSA) is 39.1 Å². The summed E-state index contributed by atoms with van der Waals surface area (Å²) in [5.41, 5.74) is 6.04. The van der Waals surface area contributed by atoms with E-state index < -0.39 is 23.4 Å². The van der Waals surface area contributed by atoms with Gasteiger partial charge in [0.25, 0.3) is 0 Å². The average molecular weight is 878 g/mol. The summed E-state index contributed by atoms with van der Waals surface area (Å²) in [4.78, 5) is 4.79. The van der Waals surface area contributed by atoms with Crippen LogP contribution in [0.3, 0.4) is 0 Å². The Morgan fingerprint density at radius 3 is 2.26 bits per heavy atom. The molecule has 0 atom stereocenters. The van der Waals surface area contributed by atoms with Crippen LogP contribution in [0.15, 0.2) is 91.1 Å². The summed E-state index contributed by atoms with van der Waals surface area (Å²) >= 11 is 0. The number of pyridine rings is 1. The Labute approximate surface area is 317 Å². The Kier molecular flexibility index (Phi) is 8.29. The molecule has 0 aliphatic rings. The first-order valence-corrected chi connectivity index (χ1v) is 23.6. The molecule has 50 heavy (non-hydrogen) atoms. The third-order valence-electron chi connectivity index (χ3n) is 8.85. The standard InChI is InChI=1S/C41H45N5OSi2.Pt/c1-41(2,3)29-22-23-42-40(24-29)45-36-17-12-11-16-34(36)35-20-19-33(27-38(35)45)47-32-15-13-14-30(25-32)44-28-43(4)39-26-31(18-21-37(39)44)46(48(5,6)7)49(8,9)10;/h11-24,26H,1-10H3;/q-2;/i4D3;. The monoisotopic (exact) mass is 877 g/mol. The van der Waals surface area contributed by atoms with Crippen molar-refractivity contribution in [2.24, 2.45) is 6.98 Å². The van der Waals surface area contributed by atoms with E-state index in [4.69, 9.17) is 13.8 Å². The quantitative estimate of drug-likeness (QED) is 0.0910. The van der Waals surface area contributed by atoms with Crippen LogP contribution >= 0.6 is 0 Å². The number of ether oxygens (including phenoxy) is 1. The number of imidazole rings is 1. The van der Waals surface area contributed by atoms with Gasteiger partial charge in [-0.3, -0.25) is 0 Å². The molecular formula is C41H45N5OPtSi2-2. The van der Waals surface area contributed by atoms with Gasteiger partial charge in [0.15, 0.2) is 0 Å². The van der Waals surface area contributed by atoms with E-state index in [0.29, 0.717) is 22.7 Å². The van der Waals surface area contributed by atoms with E-state index in [2.05, 4.69) is 124 Å². The summed E-state index contributed by atoms with van der Waals surface area (Å²) in [5.74, 6) is 1.82. The summed E-state index contributed by atoms with van der Waals surface area (Å²) in [5, 5.41) is 2.16. The molecule has 9 heteroatoms. The molecule has 0 saturated carbocycles. The van der Waals surface area contributed by atoms with E-state index in [1.165, 1.54) is 10.1 Å². The molecule has 260 valence electrons. The van der Waals surface area contributed by atoms with Gasteiger partial charge in [-0.2, -0.15) is 18.2 Å². The van der Waals surface area contributed by atoms with Gasteiger partial charge in [0.05, 0.1) is 22.1 Å². The van der Waals surface area contributed by atoms with E-state index in [9.17, 15) is 0 Å². The van der Waals surface area contributed by atoms with Crippen LogP contribution in [0, 0.1) is 18.5 Å². The van der Waals surface area contributed by atoms with Crippen LogP contribution in [-0.2, 0) is 33.5 Å². The van der Waals surface area contributed by atoms with Crippen molar-refractivity contribution in [3.05, 3.63) is 115 Å². The van der Waals surface area contributed by atoms with Gasteiger partial charge in [0.1, 0.15) is 22.3 Å². The van der Waals surface area contributed by atoms with E-state index >= 15 is 0 Å². The van der Waals surface area contributed by atoms with Gasteiger partial charge in [-0.25, -0.2) is 4.98 Å². The van der Waals surface area contributed by atoms with Crippen LogP contribution in [0.5, 0.6) is 11.5 Å². The number of hydrogen-bond donors (Lipinski definition) is 0. The Balaban J connectivity index is 0.00000481. The van der Waals surface area contributed by atoms with Crippen molar-refractivity contribution in [1.82, 2.24) is 14.1 Å². The number of anilines is 1. The Hall–Kier alpha value is -3.98. The van der Waals surface area contributed by atoms with Crippen molar-refractivity contribution in [1.29, 1.82) is 0 Å². The summed E-state index contributed by atoms with van der Waals surface area (Å²) in [6, 6.07) is 35.1. The Bertz CT molecular complexity index is 2460. The van der Waals surface area contributed by atoms with Crippen LogP contribution in [0.25, 0.3) is 44.3 Å². The van der Waals surface area contributed by atoms with Crippen LogP contribution in [0.2, 0.25) is 39.3 Å². The Morgan fingerprint density at radius 1 is 0.800 bits per heavy atom. The maximum atomic E-state index is 8.38. The van der Waals surface area contributed by atoms with Crippen LogP contribution < -0.4 is 13.5 Å². The van der Waals surface area contributed by atoms with E-state index in [0.717, 1.165) is 38.8 Å². The van der Waals surface area contributed by atoms with E-state index in [1.54, 1.807) is 4.57 Å². The minimum absolute atomic E-state index is 0. The number of rotatable bonds is 7. The second kappa shape index (κ2) is 13.0. The largest absolute Gasteiger partial charge is 0.510 e. The number of aromatic nitrogens is 4. The Morgan fingerprint density at radius 2 is 1.54 bits per heavy atom. The first kappa shape index (κ1) is 32.0. The zero-order valence-electron chi connectivity index (χ0n) is 33.1. The first-order chi connectivity index (χ1) is 24.3. The van der Waals surface area contributed by atoms with Gasteiger partial charge >= 0.3 is 0 Å². The third kappa shape index (κ3) is 6.61. The summed E-state index contributed by atoms with van der Waals surface area (Å²) in [6.45, 7) is 18.2. The van der Waals surface area contributed by atoms with E-state index in [1.807, 2.05) is 54.7 Å². The molecule has 0 bridgehead atoms. The van der Waals surface area contributed by atoms with Gasteiger partial charge in [-0.05, 0) is 46.7 Å². The average Bonchev–Trinajstić information content (AvgIpc) is 3.59. The molecule has 3 heterocycles. The number of para-hydroxylation sites is 1. The molecule has 7 rings (SSSR count). The van der Waals surface area contributed by atoms with Crippen molar-refractivity contribution < 1.29 is 34.5 Å². The maximum Gasteiger partial charge on any atom is 0.242 e. The molecule has 3 aromatic heterocycles. The van der Waals surface area contributed by atoms with Gasteiger partial charge < -0.3 is 22.7 Å². The minimum atomic E-state index is -2.43. The molecule has 0 fully saturated rings. The van der Waals surface area contributed by atoms with Crippen molar-refractivity contribution in [2.75, 3.05) is 4.23 Å². The predicted molar refractivity (Wildman–Crippen MR) is 207 cm³/mol. The van der Waals surface area contributed by atoms with Crippen molar-refractivity contribution >= 4 is 55.0 Å². The fraction of sp³-hybridized carbons (Fsp3) is 0.268. The molecule has 0 aliphatic heterocycles. The summed E-state index contributed by atoms with van der Waals surface area (Å²) in [6.07, 6.45) is 5.00. The maximum absolute atomic E-state index is 8.38. The van der Waals surface area contributed by atoms with Crippen LogP contribution in [0.1, 0.15) is 30.4 Å². The number of fused-ring (bicyclic) bond motifs is 4. The molecule has 0 aliphatic carbocycles. The second-order valence-electron chi connectivity index (χ2n) is 15.7. The number of benzene rings is 4. The first-order valence-electron chi connectivity index (χ1n) is 18.2. The third-order valence-corrected chi connectivity index (χ3v) is 16.1. The van der Waals surface area contributed by atoms with Crippen molar-refractivity contribution in [3.63, 3.8) is 0 Å². The van der Waals surface area contributed by atoms with Crippen molar-refractivity contribution in [3.8, 4) is 23.0 Å². The van der Waals surface area contributed by atoms with Crippen molar-refractivity contribution in [2.45, 2.75) is 65.5 Å². The molecule has 0 unspecified atom stereocenters. The normalized spacial score (nSPS) is 13.6. The molecule has 0 N–H and O–H groups in total. The molecule has 0 radical (unpaired) electrons. The molecule has 0 saturated heterocycles. The fourth-order valence-corrected chi connectivity index (χ4v) is 17.0. The number of nitrogens with zero attached hydrogens (tertiary/aromatic N) is 5. The molecule has 4 aromatic carbocycles. The zero-order valence-corrected chi connectivity index (χ0v) is 34.4. The van der Waals surface area contributed by atoms with Crippen LogP contribution in [0.4, 0.5) is 5.69 Å². The van der Waals surface area contributed by atoms with Crippen LogP contribution in [-0.4, -0.2) is 30.6 Å². The molecule has 7 aromatic rings. The fourth-order valence-electron chi connectivity index (χ4n) is 7.11. The summed E-state index contributed by atoms with van der Waals surface area (Å²) < 4.78 is 39.3. The molecule has 6 nitrogen and oxygen atoms in total. The SMILES string of the molecule is [2H]C([2H])([2H])[n+]1[c-]n(-c2[c-]c(Oc3[c-]c4c(cc3)c3ccccc3n4-c3cc(C(C)(C)C)ccn3)ccc2)c2ccc(N([Si](C)(C)C)[Si](C)(C)C)cc21.[Pt]. The summed E-state index contributed by atoms with van der Waals surface area (Å²) in [7, 11) is -3.56. The minimum Gasteiger partial charge on any atom is -0.510 e. The van der Waals surface area contributed by atoms with Gasteiger partial charge in [-0.1, -0.05) is 95.5 Å². The van der Waals surface area contributed by atoms with Gasteiger partial charge in [0, 0.05) is 50.0 Å². The smallest absolute Gasteiger partial charge is 0.242 e. The molecule has 0 spiro atoms. The second-order valence-corrected chi connectivity index (χ2v) is 25.7. The number of hydrogen-bond acceptors (Lipinski definition) is 3.